The Morgan fingerprint density at radius 3 is 2.79 bits per heavy atom. The van der Waals surface area contributed by atoms with E-state index in [4.69, 9.17) is 44.8 Å². The minimum absolute atomic E-state index is 0.122. The molecule has 5 nitrogen and oxygen atoms in total. The maximum atomic E-state index is 12.3. The molecule has 0 radical (unpaired) electrons. The molecule has 1 aliphatic heterocycles. The molecule has 2 aromatic carbocycles. The zero-order chi connectivity index (χ0) is 20.3. The molecule has 28 heavy (non-hydrogen) atoms. The Bertz CT molecular complexity index is 1040. The lowest BCUT2D eigenvalue weighted by Crippen LogP contribution is -2.19. The second kappa shape index (κ2) is 9.21. The summed E-state index contributed by atoms with van der Waals surface area (Å²) in [6, 6.07) is 10.3. The predicted molar refractivity (Wildman–Crippen MR) is 118 cm³/mol. The Kier molecular flexibility index (Phi) is 6.91. The Balaban J connectivity index is 1.86. The highest BCUT2D eigenvalue weighted by Gasteiger charge is 2.24. The van der Waals surface area contributed by atoms with Crippen LogP contribution in [0.3, 0.4) is 0 Å². The minimum atomic E-state index is -0.293. The van der Waals surface area contributed by atoms with Gasteiger partial charge in [0.15, 0.2) is 17.5 Å². The molecule has 0 unspecified atom stereocenters. The van der Waals surface area contributed by atoms with Crippen LogP contribution < -0.4 is 10.1 Å². The molecule has 2 aromatic rings. The van der Waals surface area contributed by atoms with Crippen molar-refractivity contribution in [3.8, 4) is 11.8 Å². The van der Waals surface area contributed by atoms with Gasteiger partial charge in [-0.25, -0.2) is 4.99 Å². The van der Waals surface area contributed by atoms with Gasteiger partial charge in [-0.2, -0.15) is 5.26 Å². The Morgan fingerprint density at radius 2 is 2.07 bits per heavy atom. The van der Waals surface area contributed by atoms with E-state index in [0.29, 0.717) is 46.6 Å². The SMILES string of the molecule is N#CCOc1c(Cl)cc(/C=C2\SC(=Nc3cccc(Cl)c3Cl)NC2=O)cc1Br. The monoisotopic (exact) mass is 515 g/mol. The molecule has 1 N–H and O–H groups in total. The van der Waals surface area contributed by atoms with Crippen molar-refractivity contribution in [3.05, 3.63) is 60.3 Å². The predicted octanol–water partition coefficient (Wildman–Crippen LogP) is 6.20. The summed E-state index contributed by atoms with van der Waals surface area (Å²) in [4.78, 5) is 17.0. The van der Waals surface area contributed by atoms with Crippen LogP contribution in [0.1, 0.15) is 5.56 Å². The maximum Gasteiger partial charge on any atom is 0.264 e. The smallest absolute Gasteiger partial charge is 0.264 e. The van der Waals surface area contributed by atoms with Crippen molar-refractivity contribution in [2.24, 2.45) is 4.99 Å². The van der Waals surface area contributed by atoms with Crippen molar-refractivity contribution in [3.63, 3.8) is 0 Å². The Morgan fingerprint density at radius 1 is 1.29 bits per heavy atom. The average molecular weight is 518 g/mol. The van der Waals surface area contributed by atoms with Crippen molar-refractivity contribution < 1.29 is 9.53 Å². The molecule has 0 aliphatic carbocycles. The van der Waals surface area contributed by atoms with Gasteiger partial charge in [0, 0.05) is 0 Å². The zero-order valence-electron chi connectivity index (χ0n) is 13.8. The van der Waals surface area contributed by atoms with E-state index >= 15 is 0 Å². The standard InChI is InChI=1S/C18H9BrCl3N3O2S/c19-10-6-9(7-12(21)16(10)27-5-4-23)8-14-17(26)25-18(28-14)24-13-3-1-2-11(20)15(13)22/h1-3,6-8H,5H2,(H,24,25,26)/b14-8-. The highest BCUT2D eigenvalue weighted by Crippen LogP contribution is 2.37. The fraction of sp³-hybridized carbons (Fsp3) is 0.0556. The number of rotatable bonds is 4. The van der Waals surface area contributed by atoms with Gasteiger partial charge in [-0.15, -0.1) is 0 Å². The minimum Gasteiger partial charge on any atom is -0.476 e. The molecular weight excluding hydrogens is 509 g/mol. The summed E-state index contributed by atoms with van der Waals surface area (Å²) >= 11 is 22.9. The van der Waals surface area contributed by atoms with Gasteiger partial charge in [-0.3, -0.25) is 4.79 Å². The topological polar surface area (TPSA) is 74.5 Å². The van der Waals surface area contributed by atoms with Crippen LogP contribution in [0.15, 0.2) is 44.7 Å². The van der Waals surface area contributed by atoms with Crippen LogP contribution in [0.25, 0.3) is 6.08 Å². The fourth-order valence-electron chi connectivity index (χ4n) is 2.23. The van der Waals surface area contributed by atoms with E-state index in [0.717, 1.165) is 0 Å². The largest absolute Gasteiger partial charge is 0.476 e. The Labute approximate surface area is 188 Å². The number of hydrogen-bond acceptors (Lipinski definition) is 5. The number of benzene rings is 2. The van der Waals surface area contributed by atoms with Crippen LogP contribution >= 0.6 is 62.5 Å². The third-order valence-electron chi connectivity index (χ3n) is 3.40. The number of nitriles is 1. The molecule has 1 heterocycles. The number of thioether (sulfide) groups is 1. The van der Waals surface area contributed by atoms with Crippen molar-refractivity contribution >= 4 is 85.3 Å². The number of hydrogen-bond donors (Lipinski definition) is 1. The molecule has 1 fully saturated rings. The number of amides is 1. The first kappa shape index (κ1) is 21.0. The van der Waals surface area contributed by atoms with Crippen LogP contribution in [-0.2, 0) is 4.79 Å². The summed E-state index contributed by atoms with van der Waals surface area (Å²) in [7, 11) is 0. The molecule has 0 spiro atoms. The first-order valence-corrected chi connectivity index (χ1v) is 10.4. The second-order valence-electron chi connectivity index (χ2n) is 5.32. The number of ether oxygens (including phenoxy) is 1. The maximum absolute atomic E-state index is 12.3. The summed E-state index contributed by atoms with van der Waals surface area (Å²) in [5.74, 6) is 0.0747. The number of nitrogens with zero attached hydrogens (tertiary/aromatic N) is 2. The summed E-state index contributed by atoms with van der Waals surface area (Å²) in [5, 5.41) is 12.7. The van der Waals surface area contributed by atoms with Crippen molar-refractivity contribution in [1.82, 2.24) is 5.32 Å². The summed E-state index contributed by atoms with van der Waals surface area (Å²) in [6.07, 6.45) is 1.67. The van der Waals surface area contributed by atoms with Crippen molar-refractivity contribution in [2.75, 3.05) is 6.61 Å². The normalized spacial score (nSPS) is 16.3. The van der Waals surface area contributed by atoms with Crippen LogP contribution in [0.2, 0.25) is 15.1 Å². The van der Waals surface area contributed by atoms with E-state index in [2.05, 4.69) is 26.2 Å². The highest BCUT2D eigenvalue weighted by molar-refractivity contribution is 9.10. The molecule has 10 heteroatoms. The highest BCUT2D eigenvalue weighted by atomic mass is 79.9. The van der Waals surface area contributed by atoms with E-state index < -0.39 is 0 Å². The number of carbonyl (C=O) groups excluding carboxylic acids is 1. The van der Waals surface area contributed by atoms with Crippen LogP contribution in [-0.4, -0.2) is 17.7 Å². The van der Waals surface area contributed by atoms with Crippen LogP contribution in [0.4, 0.5) is 5.69 Å². The zero-order valence-corrected chi connectivity index (χ0v) is 18.5. The van der Waals surface area contributed by atoms with Gasteiger partial charge in [0.05, 0.1) is 30.1 Å². The van der Waals surface area contributed by atoms with Crippen LogP contribution in [0, 0.1) is 11.3 Å². The Hall–Kier alpha value is -1.69. The second-order valence-corrected chi connectivity index (χ2v) is 8.39. The summed E-state index contributed by atoms with van der Waals surface area (Å²) < 4.78 is 5.85. The lowest BCUT2D eigenvalue weighted by Gasteiger charge is -2.08. The van der Waals surface area contributed by atoms with E-state index in [1.54, 1.807) is 36.4 Å². The third-order valence-corrected chi connectivity index (χ3v) is 5.99. The van der Waals surface area contributed by atoms with Gasteiger partial charge in [-0.05, 0) is 63.6 Å². The van der Waals surface area contributed by atoms with Crippen LogP contribution in [0.5, 0.6) is 5.75 Å². The lowest BCUT2D eigenvalue weighted by molar-refractivity contribution is -0.115. The number of carbonyl (C=O) groups is 1. The molecule has 1 amide bonds. The van der Waals surface area contributed by atoms with Crippen molar-refractivity contribution in [2.45, 2.75) is 0 Å². The molecule has 142 valence electrons. The van der Waals surface area contributed by atoms with Gasteiger partial charge >= 0.3 is 0 Å². The molecule has 1 aliphatic rings. The molecule has 0 bridgehead atoms. The molecule has 0 aromatic heterocycles. The fourth-order valence-corrected chi connectivity index (χ4v) is 4.39. The van der Waals surface area contributed by atoms with E-state index in [1.807, 2.05) is 6.07 Å². The molecule has 1 saturated heterocycles. The summed E-state index contributed by atoms with van der Waals surface area (Å²) in [5.41, 5.74) is 1.14. The average Bonchev–Trinajstić information content (AvgIpc) is 2.97. The lowest BCUT2D eigenvalue weighted by atomic mass is 10.2. The molecular formula is C18H9BrCl3N3O2S. The van der Waals surface area contributed by atoms with E-state index in [-0.39, 0.29) is 12.5 Å². The van der Waals surface area contributed by atoms with Gasteiger partial charge in [-0.1, -0.05) is 40.9 Å². The molecule has 0 atom stereocenters. The molecule has 3 rings (SSSR count). The summed E-state index contributed by atoms with van der Waals surface area (Å²) in [6.45, 7) is -0.122. The number of halogens is 4. The van der Waals surface area contributed by atoms with Gasteiger partial charge < -0.3 is 10.1 Å². The first-order valence-electron chi connectivity index (χ1n) is 7.61. The van der Waals surface area contributed by atoms with Gasteiger partial charge in [0.1, 0.15) is 6.07 Å². The molecule has 0 saturated carbocycles. The number of nitrogens with one attached hydrogen (secondary N) is 1. The van der Waals surface area contributed by atoms with Crippen molar-refractivity contribution in [1.29, 1.82) is 5.26 Å². The number of amidine groups is 1. The number of aliphatic imine (C=N–C) groups is 1. The van der Waals surface area contributed by atoms with Gasteiger partial charge in [0.25, 0.3) is 5.91 Å². The van der Waals surface area contributed by atoms with E-state index in [1.165, 1.54) is 11.8 Å². The first-order chi connectivity index (χ1) is 13.4. The quantitative estimate of drug-likeness (QED) is 0.490. The third kappa shape index (κ3) is 4.83. The van der Waals surface area contributed by atoms with E-state index in [9.17, 15) is 4.79 Å². The van der Waals surface area contributed by atoms with Gasteiger partial charge in [0.2, 0.25) is 0 Å².